The maximum Gasteiger partial charge on any atom is 0.269 e. The number of nitrogens with zero attached hydrogens (tertiary/aromatic N) is 3. The Bertz CT molecular complexity index is 1050. The van der Waals surface area contributed by atoms with Gasteiger partial charge in [-0.1, -0.05) is 24.3 Å². The molecule has 146 valence electrons. The highest BCUT2D eigenvalue weighted by Crippen LogP contribution is 2.23. The summed E-state index contributed by atoms with van der Waals surface area (Å²) in [6, 6.07) is 12.8. The van der Waals surface area contributed by atoms with Crippen molar-refractivity contribution in [3.63, 3.8) is 0 Å². The number of rotatable bonds is 7. The van der Waals surface area contributed by atoms with Crippen LogP contribution in [0.4, 0.5) is 5.69 Å². The first-order chi connectivity index (χ1) is 13.2. The van der Waals surface area contributed by atoms with Crippen LogP contribution >= 0.6 is 0 Å². The van der Waals surface area contributed by atoms with Gasteiger partial charge in [-0.05, 0) is 24.6 Å². The zero-order chi connectivity index (χ0) is 20.9. The number of hydrogen-bond donors (Lipinski definition) is 1. The maximum absolute atomic E-state index is 12.4. The predicted molar refractivity (Wildman–Crippen MR) is 101 cm³/mol. The highest BCUT2D eigenvalue weighted by atomic mass is 32.2. The van der Waals surface area contributed by atoms with Crippen LogP contribution in [0.5, 0.6) is 0 Å². The van der Waals surface area contributed by atoms with Crippen LogP contribution in [0.3, 0.4) is 0 Å². The molecule has 0 aliphatic rings. The van der Waals surface area contributed by atoms with Crippen molar-refractivity contribution in [3.05, 3.63) is 69.8 Å². The Morgan fingerprint density at radius 1 is 1.29 bits per heavy atom. The molecular weight excluding hydrogens is 384 g/mol. The van der Waals surface area contributed by atoms with Crippen LogP contribution in [0, 0.1) is 21.4 Å². The Labute approximate surface area is 162 Å². The molecule has 1 atom stereocenters. The summed E-state index contributed by atoms with van der Waals surface area (Å²) in [5.41, 5.74) is 0.419. The molecule has 2 rings (SSSR count). The van der Waals surface area contributed by atoms with Gasteiger partial charge in [-0.15, -0.1) is 0 Å². The van der Waals surface area contributed by atoms with E-state index >= 15 is 0 Å². The van der Waals surface area contributed by atoms with Gasteiger partial charge in [-0.2, -0.15) is 5.26 Å². The first-order valence-corrected chi connectivity index (χ1v) is 9.64. The van der Waals surface area contributed by atoms with Gasteiger partial charge in [0.15, 0.2) is 0 Å². The quantitative estimate of drug-likeness (QED) is 0.556. The Hall–Kier alpha value is -3.29. The number of nitro groups is 1. The van der Waals surface area contributed by atoms with E-state index in [-0.39, 0.29) is 16.1 Å². The van der Waals surface area contributed by atoms with E-state index in [9.17, 15) is 23.3 Å². The molecule has 0 aliphatic carbocycles. The summed E-state index contributed by atoms with van der Waals surface area (Å²) in [5.74, 6) is -0.531. The van der Waals surface area contributed by atoms with Gasteiger partial charge in [0.1, 0.15) is 6.07 Å². The molecule has 2 aromatic rings. The Kier molecular flexibility index (Phi) is 6.45. The second-order valence-corrected chi connectivity index (χ2v) is 7.70. The third-order valence-electron chi connectivity index (χ3n) is 4.25. The minimum Gasteiger partial charge on any atom is -0.338 e. The molecule has 0 bridgehead atoms. The van der Waals surface area contributed by atoms with E-state index in [1.165, 1.54) is 54.4 Å². The van der Waals surface area contributed by atoms with Crippen LogP contribution < -0.4 is 4.72 Å². The standard InChI is InChI=1S/C18H18N4O5S/c1-13(14-7-5-8-16(10-14)22(24)25)21(2)18(23)12-20-28(26,27)17-9-4-3-6-15(17)11-19/h3-10,13,20H,12H2,1-2H3/t13-/m1/s1. The Morgan fingerprint density at radius 3 is 2.61 bits per heavy atom. The molecular formula is C18H18N4O5S. The van der Waals surface area contributed by atoms with Crippen molar-refractivity contribution >= 4 is 21.6 Å². The van der Waals surface area contributed by atoms with Gasteiger partial charge in [-0.3, -0.25) is 14.9 Å². The van der Waals surface area contributed by atoms with E-state index in [4.69, 9.17) is 5.26 Å². The number of nitriles is 1. The largest absolute Gasteiger partial charge is 0.338 e. The third-order valence-corrected chi connectivity index (χ3v) is 5.71. The first-order valence-electron chi connectivity index (χ1n) is 8.16. The summed E-state index contributed by atoms with van der Waals surface area (Å²) in [5, 5.41) is 19.9. The van der Waals surface area contributed by atoms with Crippen LogP contribution in [0.15, 0.2) is 53.4 Å². The second-order valence-electron chi connectivity index (χ2n) is 5.97. The summed E-state index contributed by atoms with van der Waals surface area (Å²) in [6.07, 6.45) is 0. The van der Waals surface area contributed by atoms with Gasteiger partial charge in [0.05, 0.1) is 28.0 Å². The van der Waals surface area contributed by atoms with Gasteiger partial charge in [-0.25, -0.2) is 13.1 Å². The SMILES string of the molecule is C[C@H](c1cccc([N+](=O)[O-])c1)N(C)C(=O)CNS(=O)(=O)c1ccccc1C#N. The maximum atomic E-state index is 12.4. The molecule has 0 radical (unpaired) electrons. The van der Waals surface area contributed by atoms with Crippen molar-refractivity contribution in [2.45, 2.75) is 17.9 Å². The smallest absolute Gasteiger partial charge is 0.269 e. The molecule has 0 aliphatic heterocycles. The van der Waals surface area contributed by atoms with E-state index in [0.717, 1.165) is 0 Å². The molecule has 0 saturated carbocycles. The van der Waals surface area contributed by atoms with Crippen molar-refractivity contribution in [1.82, 2.24) is 9.62 Å². The molecule has 28 heavy (non-hydrogen) atoms. The van der Waals surface area contributed by atoms with Gasteiger partial charge in [0.2, 0.25) is 15.9 Å². The number of benzene rings is 2. The minimum atomic E-state index is -4.05. The summed E-state index contributed by atoms with van der Waals surface area (Å²) in [7, 11) is -2.57. The van der Waals surface area contributed by atoms with E-state index in [1.807, 2.05) is 0 Å². The number of likely N-dealkylation sites (N-methyl/N-ethyl adjacent to an activating group) is 1. The Balaban J connectivity index is 2.11. The number of nitrogens with one attached hydrogen (secondary N) is 1. The van der Waals surface area contributed by atoms with Gasteiger partial charge in [0, 0.05) is 19.2 Å². The summed E-state index contributed by atoms with van der Waals surface area (Å²) < 4.78 is 27.0. The molecule has 1 N–H and O–H groups in total. The van der Waals surface area contributed by atoms with Gasteiger partial charge >= 0.3 is 0 Å². The van der Waals surface area contributed by atoms with Crippen molar-refractivity contribution in [3.8, 4) is 6.07 Å². The van der Waals surface area contributed by atoms with Crippen LogP contribution in [0.1, 0.15) is 24.1 Å². The minimum absolute atomic E-state index is 0.0271. The lowest BCUT2D eigenvalue weighted by Crippen LogP contribution is -2.39. The number of carbonyl (C=O) groups excluding carboxylic acids is 1. The van der Waals surface area contributed by atoms with Crippen LogP contribution in [-0.4, -0.2) is 37.7 Å². The molecule has 9 nitrogen and oxygen atoms in total. The predicted octanol–water partition coefficient (Wildman–Crippen LogP) is 1.96. The molecule has 1 amide bonds. The Morgan fingerprint density at radius 2 is 1.96 bits per heavy atom. The molecule has 0 spiro atoms. The zero-order valence-electron chi connectivity index (χ0n) is 15.2. The van der Waals surface area contributed by atoms with Gasteiger partial charge < -0.3 is 4.90 Å². The van der Waals surface area contributed by atoms with Crippen LogP contribution in [0.2, 0.25) is 0 Å². The van der Waals surface area contributed by atoms with Crippen molar-refractivity contribution in [2.75, 3.05) is 13.6 Å². The lowest BCUT2D eigenvalue weighted by molar-refractivity contribution is -0.384. The fraction of sp³-hybridized carbons (Fsp3) is 0.222. The number of hydrogen-bond acceptors (Lipinski definition) is 6. The highest BCUT2D eigenvalue weighted by molar-refractivity contribution is 7.89. The second kappa shape index (κ2) is 8.60. The number of non-ortho nitro benzene ring substituents is 1. The van der Waals surface area contributed by atoms with E-state index in [0.29, 0.717) is 5.56 Å². The fourth-order valence-corrected chi connectivity index (χ4v) is 3.62. The average Bonchev–Trinajstić information content (AvgIpc) is 2.70. The molecule has 0 heterocycles. The van der Waals surface area contributed by atoms with Gasteiger partial charge in [0.25, 0.3) is 5.69 Å². The summed E-state index contributed by atoms with van der Waals surface area (Å²) >= 11 is 0. The normalized spacial score (nSPS) is 12.0. The fourth-order valence-electron chi connectivity index (χ4n) is 2.49. The molecule has 0 unspecified atom stereocenters. The lowest BCUT2D eigenvalue weighted by Gasteiger charge is -2.25. The van der Waals surface area contributed by atoms with Crippen LogP contribution in [0.25, 0.3) is 0 Å². The molecule has 2 aromatic carbocycles. The van der Waals surface area contributed by atoms with Crippen molar-refractivity contribution < 1.29 is 18.1 Å². The highest BCUT2D eigenvalue weighted by Gasteiger charge is 2.23. The zero-order valence-corrected chi connectivity index (χ0v) is 16.0. The monoisotopic (exact) mass is 402 g/mol. The van der Waals surface area contributed by atoms with E-state index in [2.05, 4.69) is 4.72 Å². The number of carbonyl (C=O) groups is 1. The molecule has 0 aromatic heterocycles. The number of nitro benzene ring substituents is 1. The average molecular weight is 402 g/mol. The molecule has 0 saturated heterocycles. The molecule has 0 fully saturated rings. The molecule has 10 heteroatoms. The van der Waals surface area contributed by atoms with E-state index in [1.54, 1.807) is 19.1 Å². The number of amides is 1. The summed E-state index contributed by atoms with van der Waals surface area (Å²) in [6.45, 7) is 1.16. The van der Waals surface area contributed by atoms with Crippen molar-refractivity contribution in [2.24, 2.45) is 0 Å². The van der Waals surface area contributed by atoms with Crippen molar-refractivity contribution in [1.29, 1.82) is 5.26 Å². The lowest BCUT2D eigenvalue weighted by atomic mass is 10.1. The number of sulfonamides is 1. The van der Waals surface area contributed by atoms with E-state index < -0.39 is 33.4 Å². The first kappa shape index (κ1) is 21.0. The summed E-state index contributed by atoms with van der Waals surface area (Å²) in [4.78, 5) is 23.9. The topological polar surface area (TPSA) is 133 Å². The van der Waals surface area contributed by atoms with Crippen LogP contribution in [-0.2, 0) is 14.8 Å². The third kappa shape index (κ3) is 4.70.